The zero-order chi connectivity index (χ0) is 20.4. The lowest BCUT2D eigenvalue weighted by atomic mass is 10.0. The third-order valence-corrected chi connectivity index (χ3v) is 5.52. The SMILES string of the molecule is I.c1coc(CCNC(=NCCCN2CCOCC2)NC2CCOc3ccccc32)c1. The van der Waals surface area contributed by atoms with Crippen molar-refractivity contribution in [1.29, 1.82) is 0 Å². The Kier molecular flexibility index (Phi) is 9.95. The van der Waals surface area contributed by atoms with Crippen molar-refractivity contribution >= 4 is 29.9 Å². The number of benzene rings is 1. The van der Waals surface area contributed by atoms with Gasteiger partial charge in [-0.3, -0.25) is 9.89 Å². The number of aliphatic imine (C=N–C) groups is 1. The van der Waals surface area contributed by atoms with E-state index in [0.717, 1.165) is 82.7 Å². The average Bonchev–Trinajstić information content (AvgIpc) is 3.31. The van der Waals surface area contributed by atoms with Gasteiger partial charge in [-0.15, -0.1) is 24.0 Å². The van der Waals surface area contributed by atoms with Crippen LogP contribution in [0.15, 0.2) is 52.1 Å². The van der Waals surface area contributed by atoms with Gasteiger partial charge in [0.2, 0.25) is 0 Å². The number of halogens is 1. The second-order valence-electron chi connectivity index (χ2n) is 7.67. The zero-order valence-electron chi connectivity index (χ0n) is 17.9. The first-order valence-electron chi connectivity index (χ1n) is 11.0. The van der Waals surface area contributed by atoms with Crippen LogP contribution in [0.3, 0.4) is 0 Å². The molecule has 1 aromatic carbocycles. The Morgan fingerprint density at radius 2 is 1.97 bits per heavy atom. The number of morpholine rings is 1. The number of furan rings is 1. The van der Waals surface area contributed by atoms with Crippen molar-refractivity contribution in [2.45, 2.75) is 25.3 Å². The van der Waals surface area contributed by atoms with Crippen molar-refractivity contribution < 1.29 is 13.9 Å². The molecule has 3 heterocycles. The molecule has 2 aliphatic heterocycles. The van der Waals surface area contributed by atoms with Gasteiger partial charge in [-0.2, -0.15) is 0 Å². The Bertz CT molecular complexity index is 794. The van der Waals surface area contributed by atoms with E-state index in [-0.39, 0.29) is 30.0 Å². The number of hydrogen-bond acceptors (Lipinski definition) is 5. The first-order valence-corrected chi connectivity index (χ1v) is 11.0. The topological polar surface area (TPSA) is 71.3 Å². The minimum absolute atomic E-state index is 0. The highest BCUT2D eigenvalue weighted by molar-refractivity contribution is 14.0. The Morgan fingerprint density at radius 1 is 1.10 bits per heavy atom. The Balaban J connectivity index is 0.00000272. The molecule has 1 unspecified atom stereocenters. The monoisotopic (exact) mass is 540 g/mol. The largest absolute Gasteiger partial charge is 0.493 e. The van der Waals surface area contributed by atoms with Gasteiger partial charge < -0.3 is 24.5 Å². The summed E-state index contributed by atoms with van der Waals surface area (Å²) >= 11 is 0. The molecule has 1 atom stereocenters. The molecule has 2 aliphatic rings. The maximum Gasteiger partial charge on any atom is 0.191 e. The molecule has 7 nitrogen and oxygen atoms in total. The van der Waals surface area contributed by atoms with E-state index in [4.69, 9.17) is 18.9 Å². The van der Waals surface area contributed by atoms with E-state index in [1.807, 2.05) is 24.3 Å². The molecule has 0 saturated carbocycles. The highest BCUT2D eigenvalue weighted by Gasteiger charge is 2.22. The van der Waals surface area contributed by atoms with Gasteiger partial charge in [0.25, 0.3) is 0 Å². The molecule has 4 rings (SSSR count). The summed E-state index contributed by atoms with van der Waals surface area (Å²) in [6.45, 7) is 7.06. The van der Waals surface area contributed by atoms with Crippen molar-refractivity contribution in [3.05, 3.63) is 54.0 Å². The fourth-order valence-electron chi connectivity index (χ4n) is 3.88. The lowest BCUT2D eigenvalue weighted by Crippen LogP contribution is -2.42. The van der Waals surface area contributed by atoms with E-state index < -0.39 is 0 Å². The van der Waals surface area contributed by atoms with Crippen LogP contribution in [0.25, 0.3) is 0 Å². The van der Waals surface area contributed by atoms with Gasteiger partial charge >= 0.3 is 0 Å². The summed E-state index contributed by atoms with van der Waals surface area (Å²) in [5.41, 5.74) is 1.19. The molecule has 1 aromatic heterocycles. The third kappa shape index (κ3) is 7.40. The second-order valence-corrected chi connectivity index (χ2v) is 7.67. The molecule has 1 fully saturated rings. The first-order chi connectivity index (χ1) is 14.9. The average molecular weight is 540 g/mol. The molecule has 0 spiro atoms. The molecule has 0 bridgehead atoms. The summed E-state index contributed by atoms with van der Waals surface area (Å²) in [4.78, 5) is 7.31. The molecule has 2 aromatic rings. The van der Waals surface area contributed by atoms with Crippen LogP contribution in [-0.2, 0) is 11.2 Å². The van der Waals surface area contributed by atoms with Gasteiger partial charge in [-0.1, -0.05) is 18.2 Å². The lowest BCUT2D eigenvalue weighted by Gasteiger charge is -2.28. The number of rotatable bonds is 8. The molecule has 2 N–H and O–H groups in total. The highest BCUT2D eigenvalue weighted by atomic mass is 127. The number of hydrogen-bond donors (Lipinski definition) is 2. The van der Waals surface area contributed by atoms with Crippen molar-refractivity contribution in [3.8, 4) is 5.75 Å². The van der Waals surface area contributed by atoms with Gasteiger partial charge in [0, 0.05) is 51.1 Å². The predicted octanol–water partition coefficient (Wildman–Crippen LogP) is 3.22. The molecule has 8 heteroatoms. The predicted molar refractivity (Wildman–Crippen MR) is 132 cm³/mol. The molecule has 170 valence electrons. The van der Waals surface area contributed by atoms with E-state index in [9.17, 15) is 0 Å². The van der Waals surface area contributed by atoms with E-state index in [2.05, 4.69) is 27.7 Å². The van der Waals surface area contributed by atoms with Crippen LogP contribution in [0, 0.1) is 0 Å². The Labute approximate surface area is 201 Å². The van der Waals surface area contributed by atoms with Crippen LogP contribution >= 0.6 is 24.0 Å². The quantitative estimate of drug-likeness (QED) is 0.232. The number of para-hydroxylation sites is 1. The van der Waals surface area contributed by atoms with Crippen LogP contribution in [-0.4, -0.2) is 63.4 Å². The van der Waals surface area contributed by atoms with Crippen molar-refractivity contribution in [1.82, 2.24) is 15.5 Å². The van der Waals surface area contributed by atoms with Crippen molar-refractivity contribution in [2.75, 3.05) is 52.5 Å². The van der Waals surface area contributed by atoms with Crippen LogP contribution < -0.4 is 15.4 Å². The molecule has 1 saturated heterocycles. The van der Waals surface area contributed by atoms with E-state index in [1.54, 1.807) is 6.26 Å². The van der Waals surface area contributed by atoms with Gasteiger partial charge in [0.15, 0.2) is 5.96 Å². The maximum atomic E-state index is 5.80. The molecule has 0 radical (unpaired) electrons. The third-order valence-electron chi connectivity index (χ3n) is 5.52. The zero-order valence-corrected chi connectivity index (χ0v) is 20.3. The van der Waals surface area contributed by atoms with Gasteiger partial charge in [-0.25, -0.2) is 0 Å². The van der Waals surface area contributed by atoms with Crippen LogP contribution in [0.2, 0.25) is 0 Å². The van der Waals surface area contributed by atoms with Crippen LogP contribution in [0.5, 0.6) is 5.75 Å². The summed E-state index contributed by atoms with van der Waals surface area (Å²) in [6.07, 6.45) is 4.50. The molecule has 0 amide bonds. The fourth-order valence-corrected chi connectivity index (χ4v) is 3.88. The summed E-state index contributed by atoms with van der Waals surface area (Å²) in [5.74, 6) is 2.79. The van der Waals surface area contributed by atoms with Crippen LogP contribution in [0.4, 0.5) is 0 Å². The molecular formula is C23H33IN4O3. The summed E-state index contributed by atoms with van der Waals surface area (Å²) < 4.78 is 16.7. The van der Waals surface area contributed by atoms with Crippen molar-refractivity contribution in [3.63, 3.8) is 0 Å². The number of nitrogens with zero attached hydrogens (tertiary/aromatic N) is 2. The lowest BCUT2D eigenvalue weighted by molar-refractivity contribution is 0.0377. The normalized spacial score (nSPS) is 19.1. The number of ether oxygens (including phenoxy) is 2. The molecule has 0 aliphatic carbocycles. The van der Waals surface area contributed by atoms with Gasteiger partial charge in [-0.05, 0) is 24.6 Å². The first kappa shape index (κ1) is 23.9. The maximum absolute atomic E-state index is 5.80. The summed E-state index contributed by atoms with van der Waals surface area (Å²) in [6, 6.07) is 12.4. The highest BCUT2D eigenvalue weighted by Crippen LogP contribution is 2.31. The van der Waals surface area contributed by atoms with E-state index in [1.165, 1.54) is 5.56 Å². The fraction of sp³-hybridized carbons (Fsp3) is 0.522. The Hall–Kier alpha value is -1.78. The minimum atomic E-state index is 0. The minimum Gasteiger partial charge on any atom is -0.493 e. The number of fused-ring (bicyclic) bond motifs is 1. The molecule has 31 heavy (non-hydrogen) atoms. The summed E-state index contributed by atoms with van der Waals surface area (Å²) in [7, 11) is 0. The van der Waals surface area contributed by atoms with Gasteiger partial charge in [0.05, 0.1) is 32.1 Å². The van der Waals surface area contributed by atoms with E-state index in [0.29, 0.717) is 6.61 Å². The van der Waals surface area contributed by atoms with Crippen LogP contribution in [0.1, 0.15) is 30.2 Å². The van der Waals surface area contributed by atoms with Crippen molar-refractivity contribution in [2.24, 2.45) is 4.99 Å². The standard InChI is InChI=1S/C23H32N4O3.HI/c1-2-7-22-20(6-1)21(9-16-30-22)26-23(25-11-8-19-5-3-15-29-19)24-10-4-12-27-13-17-28-18-14-27;/h1-3,5-7,15,21H,4,8-14,16-18H2,(H2,24,25,26);1H. The van der Waals surface area contributed by atoms with Gasteiger partial charge in [0.1, 0.15) is 11.5 Å². The summed E-state index contributed by atoms with van der Waals surface area (Å²) in [5, 5.41) is 7.10. The number of guanidine groups is 1. The molecular weight excluding hydrogens is 507 g/mol. The second kappa shape index (κ2) is 12.9. The number of nitrogens with one attached hydrogen (secondary N) is 2. The Morgan fingerprint density at radius 3 is 2.81 bits per heavy atom. The van der Waals surface area contributed by atoms with E-state index >= 15 is 0 Å². The smallest absolute Gasteiger partial charge is 0.191 e.